The number of hydrogen-bond donors (Lipinski definition) is 1. The van der Waals surface area contributed by atoms with E-state index in [0.29, 0.717) is 11.8 Å². The summed E-state index contributed by atoms with van der Waals surface area (Å²) in [5.74, 6) is 0.658. The molecule has 0 aromatic heterocycles. The number of aliphatic hydroxyl groups is 1. The zero-order valence-electron chi connectivity index (χ0n) is 7.63. The Kier molecular flexibility index (Phi) is 1.67. The fourth-order valence-electron chi connectivity index (χ4n) is 3.78. The van der Waals surface area contributed by atoms with E-state index < -0.39 is 5.79 Å². The molecular weight excluding hydrogens is 232 g/mol. The molecule has 2 saturated heterocycles. The fraction of sp³-hybridized carbons (Fsp3) is 1.00. The average Bonchev–Trinajstić information content (AvgIpc) is 1.99. The summed E-state index contributed by atoms with van der Waals surface area (Å²) in [5.41, 5.74) is -0.0289. The minimum absolute atomic E-state index is 0.0289. The molecule has 2 aliphatic carbocycles. The molecule has 0 radical (unpaired) electrons. The number of ether oxygens (including phenoxy) is 1. The van der Waals surface area contributed by atoms with Crippen LogP contribution in [-0.4, -0.2) is 21.8 Å². The topological polar surface area (TPSA) is 29.5 Å². The highest BCUT2D eigenvalue weighted by atomic mass is 79.9. The molecule has 0 aromatic rings. The molecule has 2 nitrogen and oxygen atoms in total. The van der Waals surface area contributed by atoms with Gasteiger partial charge in [0, 0.05) is 18.2 Å². The number of alkyl halides is 1. The second-order valence-corrected chi connectivity index (χ2v) is 5.71. The van der Waals surface area contributed by atoms with Gasteiger partial charge in [-0.15, -0.1) is 0 Å². The maximum atomic E-state index is 10.2. The van der Waals surface area contributed by atoms with E-state index >= 15 is 0 Å². The van der Waals surface area contributed by atoms with Gasteiger partial charge in [0.2, 0.25) is 0 Å². The van der Waals surface area contributed by atoms with E-state index in [1.54, 1.807) is 0 Å². The van der Waals surface area contributed by atoms with Crippen molar-refractivity contribution in [1.82, 2.24) is 0 Å². The summed E-state index contributed by atoms with van der Waals surface area (Å²) in [4.78, 5) is 0. The van der Waals surface area contributed by atoms with Gasteiger partial charge in [-0.3, -0.25) is 0 Å². The van der Waals surface area contributed by atoms with Crippen LogP contribution < -0.4 is 0 Å². The van der Waals surface area contributed by atoms with Crippen LogP contribution in [0.2, 0.25) is 0 Å². The molecule has 4 bridgehead atoms. The van der Waals surface area contributed by atoms with Crippen molar-refractivity contribution in [2.24, 2.45) is 11.8 Å². The molecule has 0 spiro atoms. The number of halogens is 1. The molecule has 2 unspecified atom stereocenters. The van der Waals surface area contributed by atoms with Crippen LogP contribution in [0.1, 0.15) is 32.1 Å². The van der Waals surface area contributed by atoms with Crippen LogP contribution in [0.5, 0.6) is 0 Å². The highest BCUT2D eigenvalue weighted by Crippen LogP contribution is 2.57. The van der Waals surface area contributed by atoms with Gasteiger partial charge in [-0.25, -0.2) is 0 Å². The Labute approximate surface area is 86.8 Å². The molecule has 13 heavy (non-hydrogen) atoms. The zero-order valence-corrected chi connectivity index (χ0v) is 9.22. The van der Waals surface area contributed by atoms with Gasteiger partial charge in [-0.2, -0.15) is 0 Å². The van der Waals surface area contributed by atoms with E-state index in [1.807, 2.05) is 0 Å². The predicted octanol–water partition coefficient (Wildman–Crippen LogP) is 2.05. The number of rotatable bonds is 1. The molecule has 2 atom stereocenters. The standard InChI is InChI=1S/C10H15BrO2/c11-6-9-2-7-1-8(3-9)5-10(12,4-7)13-9/h7-8,12H,1-6H2. The summed E-state index contributed by atoms with van der Waals surface area (Å²) in [7, 11) is 0. The van der Waals surface area contributed by atoms with Gasteiger partial charge in [-0.1, -0.05) is 15.9 Å². The van der Waals surface area contributed by atoms with Crippen molar-refractivity contribution in [3.63, 3.8) is 0 Å². The lowest BCUT2D eigenvalue weighted by Crippen LogP contribution is -2.61. The molecule has 2 saturated carbocycles. The van der Waals surface area contributed by atoms with Crippen molar-refractivity contribution < 1.29 is 9.84 Å². The van der Waals surface area contributed by atoms with Crippen LogP contribution in [0, 0.1) is 11.8 Å². The van der Waals surface area contributed by atoms with E-state index in [-0.39, 0.29) is 5.60 Å². The first-order valence-corrected chi connectivity index (χ1v) is 6.24. The summed E-state index contributed by atoms with van der Waals surface area (Å²) in [6.07, 6.45) is 5.37. The van der Waals surface area contributed by atoms with Crippen LogP contribution in [0.3, 0.4) is 0 Å². The van der Waals surface area contributed by atoms with E-state index in [2.05, 4.69) is 15.9 Å². The second kappa shape index (κ2) is 2.50. The van der Waals surface area contributed by atoms with Gasteiger partial charge in [0.1, 0.15) is 0 Å². The summed E-state index contributed by atoms with van der Waals surface area (Å²) >= 11 is 3.53. The van der Waals surface area contributed by atoms with E-state index in [9.17, 15) is 5.11 Å². The molecule has 3 heteroatoms. The summed E-state index contributed by atoms with van der Waals surface area (Å²) in [6.45, 7) is 0. The van der Waals surface area contributed by atoms with E-state index in [1.165, 1.54) is 6.42 Å². The van der Waals surface area contributed by atoms with E-state index in [0.717, 1.165) is 31.0 Å². The Balaban J connectivity index is 1.95. The first-order valence-electron chi connectivity index (χ1n) is 5.12. The normalized spacial score (nSPS) is 58.6. The van der Waals surface area contributed by atoms with Crippen molar-refractivity contribution in [2.75, 3.05) is 5.33 Å². The second-order valence-electron chi connectivity index (χ2n) is 5.15. The molecule has 2 aliphatic heterocycles. The van der Waals surface area contributed by atoms with Crippen molar-refractivity contribution in [1.29, 1.82) is 0 Å². The van der Waals surface area contributed by atoms with Crippen molar-refractivity contribution in [3.05, 3.63) is 0 Å². The number of hydrogen-bond acceptors (Lipinski definition) is 2. The lowest BCUT2D eigenvalue weighted by molar-refractivity contribution is -0.348. The van der Waals surface area contributed by atoms with Crippen LogP contribution in [0.25, 0.3) is 0 Å². The third-order valence-corrected chi connectivity index (χ3v) is 4.88. The Morgan fingerprint density at radius 2 is 1.85 bits per heavy atom. The Hall–Kier alpha value is 0.400. The van der Waals surface area contributed by atoms with Gasteiger partial charge in [0.05, 0.1) is 5.60 Å². The predicted molar refractivity (Wildman–Crippen MR) is 52.6 cm³/mol. The van der Waals surface area contributed by atoms with Crippen molar-refractivity contribution >= 4 is 15.9 Å². The van der Waals surface area contributed by atoms with Crippen LogP contribution in [0.15, 0.2) is 0 Å². The van der Waals surface area contributed by atoms with Crippen molar-refractivity contribution in [2.45, 2.75) is 43.5 Å². The molecular formula is C10H15BrO2. The molecule has 1 N–H and O–H groups in total. The highest BCUT2D eigenvalue weighted by Gasteiger charge is 2.57. The molecule has 2 heterocycles. The Morgan fingerprint density at radius 1 is 1.23 bits per heavy atom. The van der Waals surface area contributed by atoms with Gasteiger partial charge in [0.15, 0.2) is 5.79 Å². The van der Waals surface area contributed by atoms with Crippen molar-refractivity contribution in [3.8, 4) is 0 Å². The first kappa shape index (κ1) is 8.69. The molecule has 74 valence electrons. The average molecular weight is 247 g/mol. The molecule has 0 amide bonds. The highest BCUT2D eigenvalue weighted by molar-refractivity contribution is 9.09. The lowest BCUT2D eigenvalue weighted by atomic mass is 9.61. The largest absolute Gasteiger partial charge is 0.365 e. The third kappa shape index (κ3) is 1.20. The van der Waals surface area contributed by atoms with Gasteiger partial charge in [-0.05, 0) is 31.1 Å². The van der Waals surface area contributed by atoms with Gasteiger partial charge >= 0.3 is 0 Å². The molecule has 4 fully saturated rings. The smallest absolute Gasteiger partial charge is 0.166 e. The summed E-state index contributed by atoms with van der Waals surface area (Å²) < 4.78 is 5.86. The minimum atomic E-state index is -0.766. The monoisotopic (exact) mass is 246 g/mol. The fourth-order valence-corrected chi connectivity index (χ4v) is 4.35. The van der Waals surface area contributed by atoms with Gasteiger partial charge in [0.25, 0.3) is 0 Å². The van der Waals surface area contributed by atoms with Gasteiger partial charge < -0.3 is 9.84 Å². The maximum absolute atomic E-state index is 10.2. The van der Waals surface area contributed by atoms with Crippen LogP contribution >= 0.6 is 15.9 Å². The molecule has 4 rings (SSSR count). The van der Waals surface area contributed by atoms with Crippen LogP contribution in [0.4, 0.5) is 0 Å². The minimum Gasteiger partial charge on any atom is -0.365 e. The molecule has 4 aliphatic rings. The van der Waals surface area contributed by atoms with Crippen LogP contribution in [-0.2, 0) is 4.74 Å². The quantitative estimate of drug-likeness (QED) is 0.718. The molecule has 0 aromatic carbocycles. The summed E-state index contributed by atoms with van der Waals surface area (Å²) in [5, 5.41) is 11.0. The maximum Gasteiger partial charge on any atom is 0.166 e. The first-order chi connectivity index (χ1) is 6.13. The lowest BCUT2D eigenvalue weighted by Gasteiger charge is -2.59. The zero-order chi connectivity index (χ0) is 9.10. The Bertz CT molecular complexity index is 227. The SMILES string of the molecule is OC12CC3CC(C1)CC(CBr)(C3)O2. The van der Waals surface area contributed by atoms with E-state index in [4.69, 9.17) is 4.74 Å². The Morgan fingerprint density at radius 3 is 2.31 bits per heavy atom. The summed E-state index contributed by atoms with van der Waals surface area (Å²) in [6, 6.07) is 0. The third-order valence-electron chi connectivity index (χ3n) is 3.85.